The fourth-order valence-electron chi connectivity index (χ4n) is 1.16. The van der Waals surface area contributed by atoms with E-state index in [2.05, 4.69) is 20.5 Å². The van der Waals surface area contributed by atoms with E-state index in [-0.39, 0.29) is 15.7 Å². The molecular formula is C9H5F3N6S. The van der Waals surface area contributed by atoms with Crippen LogP contribution in [0.2, 0.25) is 0 Å². The molecule has 0 aromatic carbocycles. The number of alkyl halides is 3. The van der Waals surface area contributed by atoms with E-state index in [0.29, 0.717) is 0 Å². The highest BCUT2D eigenvalue weighted by Crippen LogP contribution is 2.32. The molecule has 19 heavy (non-hydrogen) atoms. The summed E-state index contributed by atoms with van der Waals surface area (Å²) in [5, 5.41) is 19.5. The monoisotopic (exact) mass is 286 g/mol. The number of tetrazole rings is 1. The van der Waals surface area contributed by atoms with Crippen molar-refractivity contribution in [2.45, 2.75) is 16.4 Å². The van der Waals surface area contributed by atoms with Gasteiger partial charge in [0.15, 0.2) is 0 Å². The molecule has 6 nitrogen and oxygen atoms in total. The molecule has 0 bridgehead atoms. The third-order valence-corrected chi connectivity index (χ3v) is 3.07. The van der Waals surface area contributed by atoms with Gasteiger partial charge >= 0.3 is 6.18 Å². The number of hydrogen-bond donors (Lipinski definition) is 0. The van der Waals surface area contributed by atoms with Crippen LogP contribution in [0.4, 0.5) is 13.2 Å². The van der Waals surface area contributed by atoms with Gasteiger partial charge in [0.1, 0.15) is 16.8 Å². The van der Waals surface area contributed by atoms with Crippen molar-refractivity contribution >= 4 is 11.8 Å². The smallest absolute Gasteiger partial charge is 0.235 e. The lowest BCUT2D eigenvalue weighted by Gasteiger charge is -2.08. The normalized spacial score (nSPS) is 11.3. The van der Waals surface area contributed by atoms with Crippen LogP contribution in [0.15, 0.2) is 22.3 Å². The molecule has 2 aromatic heterocycles. The average Bonchev–Trinajstić information content (AvgIpc) is 2.74. The maximum atomic E-state index is 12.6. The van der Waals surface area contributed by atoms with E-state index in [4.69, 9.17) is 5.26 Å². The van der Waals surface area contributed by atoms with E-state index < -0.39 is 11.9 Å². The van der Waals surface area contributed by atoms with Crippen LogP contribution in [0.5, 0.6) is 0 Å². The quantitative estimate of drug-likeness (QED) is 0.835. The van der Waals surface area contributed by atoms with Gasteiger partial charge in [-0.05, 0) is 34.3 Å². The van der Waals surface area contributed by atoms with E-state index in [1.54, 1.807) is 6.07 Å². The summed E-state index contributed by atoms with van der Waals surface area (Å²) in [4.78, 5) is 3.44. The molecule has 0 spiro atoms. The van der Waals surface area contributed by atoms with Gasteiger partial charge in [0.05, 0.1) is 5.56 Å². The third-order valence-electron chi connectivity index (χ3n) is 2.04. The highest BCUT2D eigenvalue weighted by atomic mass is 32.2. The number of nitrogens with zero attached hydrogens (tertiary/aromatic N) is 6. The van der Waals surface area contributed by atoms with Crippen molar-refractivity contribution in [3.05, 3.63) is 23.4 Å². The molecule has 0 saturated heterocycles. The minimum atomic E-state index is -4.57. The van der Waals surface area contributed by atoms with E-state index in [0.717, 1.165) is 23.9 Å². The van der Waals surface area contributed by atoms with Crippen LogP contribution in [-0.4, -0.2) is 25.2 Å². The summed E-state index contributed by atoms with van der Waals surface area (Å²) >= 11 is 0.796. The van der Waals surface area contributed by atoms with E-state index in [1.165, 1.54) is 11.7 Å². The van der Waals surface area contributed by atoms with E-state index >= 15 is 0 Å². The molecule has 0 aliphatic rings. The molecule has 2 rings (SSSR count). The second-order valence-electron chi connectivity index (χ2n) is 3.35. The van der Waals surface area contributed by atoms with Crippen LogP contribution in [0.1, 0.15) is 11.3 Å². The zero-order valence-corrected chi connectivity index (χ0v) is 10.2. The largest absolute Gasteiger partial charge is 0.433 e. The zero-order chi connectivity index (χ0) is 14.0. The van der Waals surface area contributed by atoms with Gasteiger partial charge in [0, 0.05) is 7.05 Å². The fraction of sp³-hybridized carbons (Fsp3) is 0.222. The molecule has 0 N–H and O–H groups in total. The summed E-state index contributed by atoms with van der Waals surface area (Å²) in [7, 11) is 1.53. The number of halogens is 3. The maximum Gasteiger partial charge on any atom is 0.433 e. The predicted octanol–water partition coefficient (Wildman–Crippen LogP) is 1.65. The van der Waals surface area contributed by atoms with Gasteiger partial charge in [-0.3, -0.25) is 0 Å². The number of aromatic nitrogens is 5. The Labute approximate surface area is 109 Å². The molecule has 0 fully saturated rings. The Morgan fingerprint density at radius 1 is 1.37 bits per heavy atom. The van der Waals surface area contributed by atoms with Crippen LogP contribution < -0.4 is 0 Å². The first kappa shape index (κ1) is 13.3. The van der Waals surface area contributed by atoms with Crippen molar-refractivity contribution in [3.8, 4) is 6.07 Å². The highest BCUT2D eigenvalue weighted by Gasteiger charge is 2.33. The van der Waals surface area contributed by atoms with Gasteiger partial charge in [-0.1, -0.05) is 0 Å². The molecule has 0 unspecified atom stereocenters. The Kier molecular flexibility index (Phi) is 3.39. The first-order valence-corrected chi connectivity index (χ1v) is 5.62. The lowest BCUT2D eigenvalue weighted by atomic mass is 10.2. The summed E-state index contributed by atoms with van der Waals surface area (Å²) in [5.74, 6) is 0. The molecule has 0 aliphatic carbocycles. The Hall–Kier alpha value is -2.15. The second-order valence-corrected chi connectivity index (χ2v) is 4.30. The minimum Gasteiger partial charge on any atom is -0.235 e. The topological polar surface area (TPSA) is 80.3 Å². The first-order valence-electron chi connectivity index (χ1n) is 4.80. The average molecular weight is 286 g/mol. The van der Waals surface area contributed by atoms with Crippen molar-refractivity contribution in [1.29, 1.82) is 5.26 Å². The van der Waals surface area contributed by atoms with Gasteiger partial charge in [-0.25, -0.2) is 9.67 Å². The van der Waals surface area contributed by atoms with Crippen molar-refractivity contribution in [2.24, 2.45) is 7.05 Å². The van der Waals surface area contributed by atoms with Gasteiger partial charge in [0.2, 0.25) is 5.16 Å². The molecule has 0 amide bonds. The Balaban J connectivity index is 2.43. The number of pyridine rings is 1. The Morgan fingerprint density at radius 3 is 2.63 bits per heavy atom. The molecule has 2 heterocycles. The van der Waals surface area contributed by atoms with Crippen LogP contribution in [0, 0.1) is 11.3 Å². The highest BCUT2D eigenvalue weighted by molar-refractivity contribution is 7.99. The summed E-state index contributed by atoms with van der Waals surface area (Å²) in [6.45, 7) is 0. The number of rotatable bonds is 2. The summed E-state index contributed by atoms with van der Waals surface area (Å²) < 4.78 is 39.0. The van der Waals surface area contributed by atoms with Gasteiger partial charge in [0.25, 0.3) is 0 Å². The van der Waals surface area contributed by atoms with Crippen LogP contribution in [0.3, 0.4) is 0 Å². The molecule has 2 aromatic rings. The maximum absolute atomic E-state index is 12.6. The molecule has 0 atom stereocenters. The van der Waals surface area contributed by atoms with Crippen LogP contribution in [0.25, 0.3) is 0 Å². The van der Waals surface area contributed by atoms with E-state index in [1.807, 2.05) is 0 Å². The second kappa shape index (κ2) is 4.85. The first-order chi connectivity index (χ1) is 8.91. The Morgan fingerprint density at radius 2 is 2.11 bits per heavy atom. The molecule has 0 aliphatic heterocycles. The summed E-state index contributed by atoms with van der Waals surface area (Å²) in [6.07, 6.45) is -4.57. The summed E-state index contributed by atoms with van der Waals surface area (Å²) in [6, 6.07) is 3.61. The van der Waals surface area contributed by atoms with Crippen molar-refractivity contribution in [2.75, 3.05) is 0 Å². The lowest BCUT2D eigenvalue weighted by molar-refractivity contribution is -0.141. The fourth-order valence-corrected chi connectivity index (χ4v) is 1.94. The Bertz CT molecular complexity index is 644. The lowest BCUT2D eigenvalue weighted by Crippen LogP contribution is -2.09. The molecular weight excluding hydrogens is 281 g/mol. The molecule has 0 radical (unpaired) electrons. The SMILES string of the molecule is Cn1nnnc1Sc1nc(C(F)(F)F)ccc1C#N. The number of aryl methyl sites for hydroxylation is 1. The molecule has 10 heteroatoms. The number of nitriles is 1. The predicted molar refractivity (Wildman–Crippen MR) is 56.9 cm³/mol. The standard InChI is InChI=1S/C9H5F3N6S/c1-18-8(15-16-17-18)19-7-5(4-13)2-3-6(14-7)9(10,11)12/h2-3H,1H3. The van der Waals surface area contributed by atoms with Crippen molar-refractivity contribution in [1.82, 2.24) is 25.2 Å². The van der Waals surface area contributed by atoms with Crippen LogP contribution in [-0.2, 0) is 13.2 Å². The van der Waals surface area contributed by atoms with Crippen molar-refractivity contribution < 1.29 is 13.2 Å². The summed E-state index contributed by atoms with van der Waals surface area (Å²) in [5.41, 5.74) is -1.04. The van der Waals surface area contributed by atoms with Gasteiger partial charge < -0.3 is 0 Å². The van der Waals surface area contributed by atoms with E-state index in [9.17, 15) is 13.2 Å². The van der Waals surface area contributed by atoms with Crippen molar-refractivity contribution in [3.63, 3.8) is 0 Å². The number of hydrogen-bond acceptors (Lipinski definition) is 6. The minimum absolute atomic E-state index is 0.0287. The molecule has 98 valence electrons. The zero-order valence-electron chi connectivity index (χ0n) is 9.38. The van der Waals surface area contributed by atoms with Crippen LogP contribution >= 0.6 is 11.8 Å². The van der Waals surface area contributed by atoms with Gasteiger partial charge in [-0.15, -0.1) is 5.10 Å². The molecule has 0 saturated carbocycles. The van der Waals surface area contributed by atoms with Gasteiger partial charge in [-0.2, -0.15) is 18.4 Å². The third kappa shape index (κ3) is 2.82.